The average molecular weight is 196 g/mol. The minimum absolute atomic E-state index is 0. The Morgan fingerprint density at radius 2 is 2.27 bits per heavy atom. The first-order chi connectivity index (χ1) is 4.74. The fraction of sp³-hybridized carbons (Fsp3) is 0. The molecule has 0 fully saturated rings. The molecule has 2 nitrogen and oxygen atoms in total. The van der Waals surface area contributed by atoms with E-state index in [2.05, 4.69) is 4.98 Å². The molecule has 1 aromatic heterocycles. The number of hydrogen-bond donors (Lipinski definition) is 0. The molecule has 60 valence electrons. The minimum Gasteiger partial charge on any atom is -0.298 e. The zero-order valence-electron chi connectivity index (χ0n) is 5.25. The van der Waals surface area contributed by atoms with E-state index in [1.807, 2.05) is 0 Å². The Labute approximate surface area is 73.8 Å². The maximum absolute atomic E-state index is 12.5. The number of halogens is 3. The summed E-state index contributed by atoms with van der Waals surface area (Å²) in [5.41, 5.74) is -0.0793. The van der Waals surface area contributed by atoms with Crippen LogP contribution in [0.15, 0.2) is 12.3 Å². The Balaban J connectivity index is 0.000001000. The van der Waals surface area contributed by atoms with Crippen LogP contribution in [0.1, 0.15) is 10.4 Å². The summed E-state index contributed by atoms with van der Waals surface area (Å²) >= 11 is 5.31. The molecule has 1 aromatic rings. The van der Waals surface area contributed by atoms with Crippen LogP contribution < -0.4 is 0 Å². The van der Waals surface area contributed by atoms with Crippen LogP contribution in [0.25, 0.3) is 0 Å². The van der Waals surface area contributed by atoms with Gasteiger partial charge in [0.1, 0.15) is 11.0 Å². The quantitative estimate of drug-likeness (QED) is 0.508. The minimum atomic E-state index is -0.644. The second kappa shape index (κ2) is 4.26. The summed E-state index contributed by atoms with van der Waals surface area (Å²) in [7, 11) is 0. The highest BCUT2D eigenvalue weighted by Gasteiger charge is 2.00. The molecule has 0 aliphatic rings. The van der Waals surface area contributed by atoms with Crippen molar-refractivity contribution in [2.75, 3.05) is 0 Å². The van der Waals surface area contributed by atoms with Crippen LogP contribution in [-0.4, -0.2) is 11.3 Å². The van der Waals surface area contributed by atoms with Gasteiger partial charge in [-0.25, -0.2) is 9.37 Å². The van der Waals surface area contributed by atoms with E-state index in [1.165, 1.54) is 0 Å². The van der Waals surface area contributed by atoms with E-state index in [-0.39, 0.29) is 23.1 Å². The fourth-order valence-electron chi connectivity index (χ4n) is 0.505. The van der Waals surface area contributed by atoms with Crippen molar-refractivity contribution in [1.82, 2.24) is 4.98 Å². The first-order valence-electron chi connectivity index (χ1n) is 2.50. The molecule has 1 heterocycles. The molecular formula is C6H4Cl2FNO. The number of nitrogens with zero attached hydrogens (tertiary/aromatic N) is 1. The molecule has 0 spiro atoms. The van der Waals surface area contributed by atoms with Gasteiger partial charge in [-0.15, -0.1) is 12.4 Å². The Hall–Kier alpha value is -0.670. The zero-order chi connectivity index (χ0) is 7.56. The van der Waals surface area contributed by atoms with E-state index in [1.54, 1.807) is 0 Å². The van der Waals surface area contributed by atoms with Crippen molar-refractivity contribution in [3.63, 3.8) is 0 Å². The molecule has 0 aliphatic heterocycles. The maximum atomic E-state index is 12.5. The zero-order valence-corrected chi connectivity index (χ0v) is 6.82. The summed E-state index contributed by atoms with van der Waals surface area (Å²) in [5, 5.41) is 0.0445. The third-order valence-electron chi connectivity index (χ3n) is 0.976. The predicted molar refractivity (Wildman–Crippen MR) is 41.8 cm³/mol. The van der Waals surface area contributed by atoms with Gasteiger partial charge in [-0.05, 0) is 0 Å². The van der Waals surface area contributed by atoms with Crippen LogP contribution >= 0.6 is 24.0 Å². The molecular weight excluding hydrogens is 192 g/mol. The molecule has 0 atom stereocenters. The first kappa shape index (κ1) is 10.3. The standard InChI is InChI=1S/C6H3ClFNO.ClH/c7-6-1-5(8)4(3-10)2-9-6;/h1-3H;1H. The summed E-state index contributed by atoms with van der Waals surface area (Å²) in [6, 6.07) is 0.991. The largest absolute Gasteiger partial charge is 0.298 e. The molecule has 0 aliphatic carbocycles. The van der Waals surface area contributed by atoms with Crippen LogP contribution in [-0.2, 0) is 0 Å². The predicted octanol–water partition coefficient (Wildman–Crippen LogP) is 2.11. The lowest BCUT2D eigenvalue weighted by molar-refractivity contribution is 0.111. The van der Waals surface area contributed by atoms with Gasteiger partial charge in [-0.3, -0.25) is 4.79 Å². The summed E-state index contributed by atoms with van der Waals surface area (Å²) in [4.78, 5) is 13.5. The lowest BCUT2D eigenvalue weighted by Gasteiger charge is -1.91. The molecule has 0 radical (unpaired) electrons. The summed E-state index contributed by atoms with van der Waals surface area (Å²) in [6.07, 6.45) is 1.48. The van der Waals surface area contributed by atoms with Crippen molar-refractivity contribution in [3.8, 4) is 0 Å². The van der Waals surface area contributed by atoms with E-state index in [0.717, 1.165) is 12.3 Å². The van der Waals surface area contributed by atoms with Crippen LogP contribution in [0.5, 0.6) is 0 Å². The third-order valence-corrected chi connectivity index (χ3v) is 1.18. The van der Waals surface area contributed by atoms with Gasteiger partial charge in [0.05, 0.1) is 5.56 Å². The molecule has 5 heteroatoms. The average Bonchev–Trinajstić information content (AvgIpc) is 1.88. The lowest BCUT2D eigenvalue weighted by atomic mass is 10.3. The van der Waals surface area contributed by atoms with Crippen molar-refractivity contribution in [2.24, 2.45) is 0 Å². The Bertz CT molecular complexity index is 267. The summed E-state index contributed by atoms with van der Waals surface area (Å²) < 4.78 is 12.5. The molecule has 0 saturated carbocycles. The molecule has 1 rings (SSSR count). The first-order valence-corrected chi connectivity index (χ1v) is 2.88. The number of hydrogen-bond acceptors (Lipinski definition) is 2. The van der Waals surface area contributed by atoms with Crippen molar-refractivity contribution in [3.05, 3.63) is 28.8 Å². The Morgan fingerprint density at radius 3 is 2.73 bits per heavy atom. The van der Waals surface area contributed by atoms with Gasteiger partial charge in [-0.1, -0.05) is 11.6 Å². The van der Waals surface area contributed by atoms with Crippen LogP contribution in [0.4, 0.5) is 4.39 Å². The van der Waals surface area contributed by atoms with E-state index >= 15 is 0 Å². The highest BCUT2D eigenvalue weighted by molar-refractivity contribution is 6.29. The Morgan fingerprint density at radius 1 is 1.64 bits per heavy atom. The molecule has 0 aromatic carbocycles. The van der Waals surface area contributed by atoms with E-state index in [4.69, 9.17) is 11.6 Å². The molecule has 11 heavy (non-hydrogen) atoms. The third kappa shape index (κ3) is 2.44. The van der Waals surface area contributed by atoms with Crippen LogP contribution in [0.3, 0.4) is 0 Å². The van der Waals surface area contributed by atoms with Crippen molar-refractivity contribution in [2.45, 2.75) is 0 Å². The molecule has 0 bridgehead atoms. The van der Waals surface area contributed by atoms with Crippen molar-refractivity contribution < 1.29 is 9.18 Å². The highest BCUT2D eigenvalue weighted by Crippen LogP contribution is 2.08. The number of carbonyl (C=O) groups is 1. The number of carbonyl (C=O) groups excluding carboxylic acids is 1. The van der Waals surface area contributed by atoms with Gasteiger partial charge in [0.15, 0.2) is 6.29 Å². The number of rotatable bonds is 1. The van der Waals surface area contributed by atoms with Gasteiger partial charge in [-0.2, -0.15) is 0 Å². The van der Waals surface area contributed by atoms with Gasteiger partial charge in [0, 0.05) is 12.3 Å². The molecule has 0 N–H and O–H groups in total. The normalized spacial score (nSPS) is 8.55. The topological polar surface area (TPSA) is 30.0 Å². The summed E-state index contributed by atoms with van der Waals surface area (Å²) in [6.45, 7) is 0. The second-order valence-corrected chi connectivity index (χ2v) is 2.03. The van der Waals surface area contributed by atoms with Crippen LogP contribution in [0.2, 0.25) is 5.15 Å². The number of pyridine rings is 1. The molecule has 0 unspecified atom stereocenters. The molecule has 0 amide bonds. The number of aromatic nitrogens is 1. The monoisotopic (exact) mass is 195 g/mol. The Kier molecular flexibility index (Phi) is 4.00. The maximum Gasteiger partial charge on any atom is 0.154 e. The van der Waals surface area contributed by atoms with E-state index in [9.17, 15) is 9.18 Å². The SMILES string of the molecule is Cl.O=Cc1cnc(Cl)cc1F. The lowest BCUT2D eigenvalue weighted by Crippen LogP contribution is -1.88. The molecule has 0 saturated heterocycles. The second-order valence-electron chi connectivity index (χ2n) is 1.65. The van der Waals surface area contributed by atoms with Crippen molar-refractivity contribution >= 4 is 30.3 Å². The van der Waals surface area contributed by atoms with Gasteiger partial charge >= 0.3 is 0 Å². The van der Waals surface area contributed by atoms with Gasteiger partial charge < -0.3 is 0 Å². The fourth-order valence-corrected chi connectivity index (χ4v) is 0.649. The van der Waals surface area contributed by atoms with Gasteiger partial charge in [0.25, 0.3) is 0 Å². The smallest absolute Gasteiger partial charge is 0.154 e. The van der Waals surface area contributed by atoms with Crippen molar-refractivity contribution in [1.29, 1.82) is 0 Å². The summed E-state index contributed by atoms with van der Waals surface area (Å²) in [5.74, 6) is -0.644. The van der Waals surface area contributed by atoms with Crippen LogP contribution in [0, 0.1) is 5.82 Å². The highest BCUT2D eigenvalue weighted by atomic mass is 35.5. The number of aldehydes is 1. The van der Waals surface area contributed by atoms with Gasteiger partial charge in [0.2, 0.25) is 0 Å². The van der Waals surface area contributed by atoms with E-state index < -0.39 is 5.82 Å². The van der Waals surface area contributed by atoms with E-state index in [0.29, 0.717) is 6.29 Å².